The first-order valence-electron chi connectivity index (χ1n) is 5.28. The van der Waals surface area contributed by atoms with E-state index in [1.807, 2.05) is 6.92 Å². The van der Waals surface area contributed by atoms with Crippen LogP contribution in [0.3, 0.4) is 0 Å². The van der Waals surface area contributed by atoms with Crippen LogP contribution in [0, 0.1) is 12.8 Å². The SMILES string of the molecule is COC(=O)c1sc(NC(C)C(C)C)nc1C. The predicted molar refractivity (Wildman–Crippen MR) is 66.1 cm³/mol. The maximum atomic E-state index is 11.4. The van der Waals surface area contributed by atoms with Gasteiger partial charge in [0.05, 0.1) is 12.8 Å². The van der Waals surface area contributed by atoms with E-state index in [1.54, 1.807) is 0 Å². The van der Waals surface area contributed by atoms with Crippen molar-refractivity contribution in [1.82, 2.24) is 4.98 Å². The maximum Gasteiger partial charge on any atom is 0.350 e. The number of carbonyl (C=O) groups excluding carboxylic acids is 1. The number of nitrogens with one attached hydrogen (secondary N) is 1. The van der Waals surface area contributed by atoms with Crippen LogP contribution in [-0.4, -0.2) is 24.1 Å². The molecule has 4 nitrogen and oxygen atoms in total. The van der Waals surface area contributed by atoms with Crippen LogP contribution in [-0.2, 0) is 4.74 Å². The Bertz CT molecular complexity index is 374. The summed E-state index contributed by atoms with van der Waals surface area (Å²) in [5.74, 6) is 0.200. The van der Waals surface area contributed by atoms with Crippen molar-refractivity contribution in [2.24, 2.45) is 5.92 Å². The van der Waals surface area contributed by atoms with Crippen molar-refractivity contribution >= 4 is 22.4 Å². The summed E-state index contributed by atoms with van der Waals surface area (Å²) in [5.41, 5.74) is 0.718. The average Bonchev–Trinajstić information content (AvgIpc) is 2.58. The van der Waals surface area contributed by atoms with Crippen molar-refractivity contribution in [3.63, 3.8) is 0 Å². The molecule has 1 unspecified atom stereocenters. The molecular weight excluding hydrogens is 224 g/mol. The number of anilines is 1. The highest BCUT2D eigenvalue weighted by atomic mass is 32.1. The van der Waals surface area contributed by atoms with E-state index in [9.17, 15) is 4.79 Å². The van der Waals surface area contributed by atoms with E-state index in [2.05, 4.69) is 35.8 Å². The predicted octanol–water partition coefficient (Wildman–Crippen LogP) is 2.69. The van der Waals surface area contributed by atoms with Crippen molar-refractivity contribution < 1.29 is 9.53 Å². The van der Waals surface area contributed by atoms with Gasteiger partial charge < -0.3 is 10.1 Å². The zero-order valence-electron chi connectivity index (χ0n) is 10.3. The van der Waals surface area contributed by atoms with Gasteiger partial charge >= 0.3 is 5.97 Å². The number of aromatic nitrogens is 1. The summed E-state index contributed by atoms with van der Waals surface area (Å²) in [7, 11) is 1.38. The van der Waals surface area contributed by atoms with E-state index in [0.29, 0.717) is 16.8 Å². The summed E-state index contributed by atoms with van der Waals surface area (Å²) < 4.78 is 4.69. The Kier molecular flexibility index (Phi) is 4.29. The zero-order chi connectivity index (χ0) is 12.3. The van der Waals surface area contributed by atoms with Gasteiger partial charge in [-0.2, -0.15) is 0 Å². The Morgan fingerprint density at radius 1 is 1.44 bits per heavy atom. The van der Waals surface area contributed by atoms with Gasteiger partial charge in [-0.1, -0.05) is 25.2 Å². The number of nitrogens with zero attached hydrogens (tertiary/aromatic N) is 1. The minimum absolute atomic E-state index is 0.319. The van der Waals surface area contributed by atoms with Crippen molar-refractivity contribution in [3.8, 4) is 0 Å². The molecule has 0 fully saturated rings. The van der Waals surface area contributed by atoms with Gasteiger partial charge in [-0.05, 0) is 19.8 Å². The molecule has 0 spiro atoms. The van der Waals surface area contributed by atoms with Crippen molar-refractivity contribution in [3.05, 3.63) is 10.6 Å². The molecule has 1 heterocycles. The van der Waals surface area contributed by atoms with Gasteiger partial charge in [-0.25, -0.2) is 9.78 Å². The molecule has 0 saturated carbocycles. The molecule has 0 radical (unpaired) electrons. The van der Waals surface area contributed by atoms with Gasteiger partial charge in [0.2, 0.25) is 0 Å². The molecular formula is C11H18N2O2S. The summed E-state index contributed by atoms with van der Waals surface area (Å²) >= 11 is 1.34. The van der Waals surface area contributed by atoms with Gasteiger partial charge in [-0.3, -0.25) is 0 Å². The second kappa shape index (κ2) is 5.30. The molecule has 0 aliphatic rings. The van der Waals surface area contributed by atoms with Crippen molar-refractivity contribution in [1.29, 1.82) is 0 Å². The van der Waals surface area contributed by atoms with Crippen molar-refractivity contribution in [2.45, 2.75) is 33.7 Å². The Morgan fingerprint density at radius 3 is 2.56 bits per heavy atom. The van der Waals surface area contributed by atoms with E-state index in [0.717, 1.165) is 10.8 Å². The monoisotopic (exact) mass is 242 g/mol. The lowest BCUT2D eigenvalue weighted by molar-refractivity contribution is 0.0605. The largest absolute Gasteiger partial charge is 0.465 e. The fourth-order valence-electron chi connectivity index (χ4n) is 1.10. The number of rotatable bonds is 4. The number of hydrogen-bond donors (Lipinski definition) is 1. The van der Waals surface area contributed by atoms with Gasteiger partial charge in [0, 0.05) is 6.04 Å². The average molecular weight is 242 g/mol. The highest BCUT2D eigenvalue weighted by Gasteiger charge is 2.17. The second-order valence-corrected chi connectivity index (χ2v) is 5.10. The molecule has 1 N–H and O–H groups in total. The van der Waals surface area contributed by atoms with Crippen molar-refractivity contribution in [2.75, 3.05) is 12.4 Å². The number of ether oxygens (including phenoxy) is 1. The summed E-state index contributed by atoms with van der Waals surface area (Å²) in [5, 5.41) is 4.06. The first-order chi connectivity index (χ1) is 7.45. The smallest absolute Gasteiger partial charge is 0.350 e. The number of methoxy groups -OCH3 is 1. The van der Waals surface area contributed by atoms with Gasteiger partial charge in [0.25, 0.3) is 0 Å². The molecule has 0 bridgehead atoms. The number of hydrogen-bond acceptors (Lipinski definition) is 5. The standard InChI is InChI=1S/C11H18N2O2S/c1-6(2)7(3)12-11-13-8(4)9(16-11)10(14)15-5/h6-7H,1-5H3,(H,12,13). The third kappa shape index (κ3) is 2.95. The van der Waals surface area contributed by atoms with Crippen LogP contribution >= 0.6 is 11.3 Å². The fourth-order valence-corrected chi connectivity index (χ4v) is 2.08. The maximum absolute atomic E-state index is 11.4. The molecule has 1 atom stereocenters. The summed E-state index contributed by atoms with van der Waals surface area (Å²) in [6.07, 6.45) is 0. The Hall–Kier alpha value is -1.10. The van der Waals surface area contributed by atoms with Crippen LogP contribution in [0.5, 0.6) is 0 Å². The van der Waals surface area contributed by atoms with E-state index in [-0.39, 0.29) is 5.97 Å². The molecule has 90 valence electrons. The third-order valence-electron chi connectivity index (χ3n) is 2.52. The van der Waals surface area contributed by atoms with Crippen LogP contribution in [0.1, 0.15) is 36.1 Å². The second-order valence-electron chi connectivity index (χ2n) is 4.10. The first kappa shape index (κ1) is 13.0. The topological polar surface area (TPSA) is 51.2 Å². The molecule has 0 aromatic carbocycles. The van der Waals surface area contributed by atoms with Crippen LogP contribution < -0.4 is 5.32 Å². The molecule has 1 rings (SSSR count). The number of thiazole rings is 1. The fraction of sp³-hybridized carbons (Fsp3) is 0.636. The quantitative estimate of drug-likeness (QED) is 0.825. The molecule has 5 heteroatoms. The lowest BCUT2D eigenvalue weighted by Gasteiger charge is -2.16. The number of esters is 1. The van der Waals surface area contributed by atoms with E-state index in [1.165, 1.54) is 18.4 Å². The molecule has 1 aromatic rings. The lowest BCUT2D eigenvalue weighted by atomic mass is 10.1. The van der Waals surface area contributed by atoms with Gasteiger partial charge in [0.15, 0.2) is 5.13 Å². The van der Waals surface area contributed by atoms with Gasteiger partial charge in [0.1, 0.15) is 4.88 Å². The zero-order valence-corrected chi connectivity index (χ0v) is 11.1. The normalized spacial score (nSPS) is 12.6. The molecule has 0 aliphatic carbocycles. The van der Waals surface area contributed by atoms with E-state index in [4.69, 9.17) is 0 Å². The Balaban J connectivity index is 2.81. The third-order valence-corrected chi connectivity index (χ3v) is 3.59. The minimum Gasteiger partial charge on any atom is -0.465 e. The highest BCUT2D eigenvalue weighted by Crippen LogP contribution is 2.24. The Morgan fingerprint density at radius 2 is 2.06 bits per heavy atom. The molecule has 1 aromatic heterocycles. The Labute approximate surface area is 100 Å². The van der Waals surface area contributed by atoms with Crippen LogP contribution in [0.15, 0.2) is 0 Å². The summed E-state index contributed by atoms with van der Waals surface area (Å²) in [4.78, 5) is 16.3. The molecule has 0 aliphatic heterocycles. The molecule has 0 amide bonds. The van der Waals surface area contributed by atoms with E-state index >= 15 is 0 Å². The number of aryl methyl sites for hydroxylation is 1. The van der Waals surface area contributed by atoms with Crippen LogP contribution in [0.4, 0.5) is 5.13 Å². The highest BCUT2D eigenvalue weighted by molar-refractivity contribution is 7.17. The number of carbonyl (C=O) groups is 1. The minimum atomic E-state index is -0.319. The van der Waals surface area contributed by atoms with E-state index < -0.39 is 0 Å². The molecule has 16 heavy (non-hydrogen) atoms. The van der Waals surface area contributed by atoms with Crippen LogP contribution in [0.2, 0.25) is 0 Å². The van der Waals surface area contributed by atoms with Crippen LogP contribution in [0.25, 0.3) is 0 Å². The van der Waals surface area contributed by atoms with Gasteiger partial charge in [-0.15, -0.1) is 0 Å². The lowest BCUT2D eigenvalue weighted by Crippen LogP contribution is -2.21. The molecule has 0 saturated heterocycles. The first-order valence-corrected chi connectivity index (χ1v) is 6.09. The summed E-state index contributed by atoms with van der Waals surface area (Å²) in [6.45, 7) is 8.19. The summed E-state index contributed by atoms with van der Waals surface area (Å²) in [6, 6.07) is 0.330.